The molecule has 1 heterocycles. The number of hydrogen-bond acceptors (Lipinski definition) is 2. The standard InChI is InChI=1S/C9H10N2O2/c12-9(13)11-7-1-2-8-6(5-7)3-4-10-8/h1-2,5,10-11H,3-4H2,(H,12,13). The number of benzene rings is 1. The van der Waals surface area contributed by atoms with Crippen LogP contribution in [0.15, 0.2) is 18.2 Å². The molecule has 1 aromatic carbocycles. The van der Waals surface area contributed by atoms with Gasteiger partial charge in [0, 0.05) is 17.9 Å². The van der Waals surface area contributed by atoms with Gasteiger partial charge >= 0.3 is 6.09 Å². The van der Waals surface area contributed by atoms with E-state index in [-0.39, 0.29) is 0 Å². The predicted molar refractivity (Wildman–Crippen MR) is 50.3 cm³/mol. The summed E-state index contributed by atoms with van der Waals surface area (Å²) in [6.07, 6.45) is -0.0595. The fourth-order valence-corrected chi connectivity index (χ4v) is 1.51. The number of anilines is 2. The first-order chi connectivity index (χ1) is 6.25. The molecule has 4 heteroatoms. The summed E-state index contributed by atoms with van der Waals surface area (Å²) in [5.74, 6) is 0. The fraction of sp³-hybridized carbons (Fsp3) is 0.222. The zero-order valence-corrected chi connectivity index (χ0v) is 7.00. The van der Waals surface area contributed by atoms with E-state index >= 15 is 0 Å². The summed E-state index contributed by atoms with van der Waals surface area (Å²) in [7, 11) is 0. The van der Waals surface area contributed by atoms with Crippen LogP contribution in [0, 0.1) is 0 Å². The van der Waals surface area contributed by atoms with Crippen LogP contribution >= 0.6 is 0 Å². The molecule has 0 fully saturated rings. The van der Waals surface area contributed by atoms with Gasteiger partial charge < -0.3 is 10.4 Å². The molecule has 3 N–H and O–H groups in total. The average Bonchev–Trinajstić information content (AvgIpc) is 2.49. The Balaban J connectivity index is 2.25. The summed E-state index contributed by atoms with van der Waals surface area (Å²) >= 11 is 0. The number of nitrogens with one attached hydrogen (secondary N) is 2. The highest BCUT2D eigenvalue weighted by molar-refractivity contribution is 5.83. The van der Waals surface area contributed by atoms with E-state index in [9.17, 15) is 4.79 Å². The van der Waals surface area contributed by atoms with Crippen molar-refractivity contribution >= 4 is 17.5 Å². The molecule has 2 rings (SSSR count). The number of rotatable bonds is 1. The van der Waals surface area contributed by atoms with E-state index in [1.54, 1.807) is 6.07 Å². The molecule has 0 saturated carbocycles. The van der Waals surface area contributed by atoms with Crippen molar-refractivity contribution in [3.63, 3.8) is 0 Å². The molecule has 0 saturated heterocycles. The van der Waals surface area contributed by atoms with E-state index in [2.05, 4.69) is 10.6 Å². The predicted octanol–water partition coefficient (Wildman–Crippen LogP) is 1.74. The Bertz CT molecular complexity index is 349. The molecular weight excluding hydrogens is 168 g/mol. The van der Waals surface area contributed by atoms with E-state index < -0.39 is 6.09 Å². The Kier molecular flexibility index (Phi) is 1.81. The lowest BCUT2D eigenvalue weighted by Gasteiger charge is -2.03. The molecule has 4 nitrogen and oxygen atoms in total. The fourth-order valence-electron chi connectivity index (χ4n) is 1.51. The van der Waals surface area contributed by atoms with Crippen molar-refractivity contribution in [1.82, 2.24) is 0 Å². The van der Waals surface area contributed by atoms with Crippen LogP contribution < -0.4 is 10.6 Å². The first-order valence-electron chi connectivity index (χ1n) is 4.12. The van der Waals surface area contributed by atoms with E-state index in [4.69, 9.17) is 5.11 Å². The summed E-state index contributed by atoms with van der Waals surface area (Å²) in [5, 5.41) is 14.0. The highest BCUT2D eigenvalue weighted by atomic mass is 16.4. The van der Waals surface area contributed by atoms with Crippen molar-refractivity contribution in [2.24, 2.45) is 0 Å². The number of fused-ring (bicyclic) bond motifs is 1. The molecule has 0 aromatic heterocycles. The van der Waals surface area contributed by atoms with Crippen LogP contribution in [0.4, 0.5) is 16.2 Å². The van der Waals surface area contributed by atoms with Crippen molar-refractivity contribution in [1.29, 1.82) is 0 Å². The normalized spacial score (nSPS) is 13.2. The van der Waals surface area contributed by atoms with Gasteiger partial charge in [-0.2, -0.15) is 0 Å². The number of carbonyl (C=O) groups is 1. The molecule has 1 amide bonds. The zero-order chi connectivity index (χ0) is 9.26. The minimum Gasteiger partial charge on any atom is -0.465 e. The van der Waals surface area contributed by atoms with Crippen LogP contribution in [-0.2, 0) is 6.42 Å². The molecule has 0 atom stereocenters. The lowest BCUT2D eigenvalue weighted by Crippen LogP contribution is -2.07. The third kappa shape index (κ3) is 1.56. The van der Waals surface area contributed by atoms with Gasteiger partial charge in [0.25, 0.3) is 0 Å². The lowest BCUT2D eigenvalue weighted by atomic mass is 10.1. The SMILES string of the molecule is O=C(O)Nc1ccc2c(c1)CCN2. The summed E-state index contributed by atoms with van der Waals surface area (Å²) in [6, 6.07) is 5.52. The van der Waals surface area contributed by atoms with E-state index in [1.165, 1.54) is 5.56 Å². The van der Waals surface area contributed by atoms with Gasteiger partial charge in [0.2, 0.25) is 0 Å². The maximum absolute atomic E-state index is 10.3. The Morgan fingerprint density at radius 1 is 1.54 bits per heavy atom. The van der Waals surface area contributed by atoms with Crippen molar-refractivity contribution in [3.8, 4) is 0 Å². The highest BCUT2D eigenvalue weighted by Crippen LogP contribution is 2.24. The summed E-state index contributed by atoms with van der Waals surface area (Å²) < 4.78 is 0. The second-order valence-corrected chi connectivity index (χ2v) is 2.98. The van der Waals surface area contributed by atoms with Gasteiger partial charge in [-0.25, -0.2) is 4.79 Å². The summed E-state index contributed by atoms with van der Waals surface area (Å²) in [5.41, 5.74) is 2.91. The van der Waals surface area contributed by atoms with Crippen molar-refractivity contribution in [2.75, 3.05) is 17.2 Å². The zero-order valence-electron chi connectivity index (χ0n) is 7.00. The number of carboxylic acid groups (broad SMARTS) is 1. The third-order valence-corrected chi connectivity index (χ3v) is 2.07. The minimum atomic E-state index is -1.02. The molecular formula is C9H10N2O2. The quantitative estimate of drug-likeness (QED) is 0.613. The van der Waals surface area contributed by atoms with Gasteiger partial charge in [0.1, 0.15) is 0 Å². The second-order valence-electron chi connectivity index (χ2n) is 2.98. The number of amides is 1. The van der Waals surface area contributed by atoms with Crippen LogP contribution in [0.2, 0.25) is 0 Å². The average molecular weight is 178 g/mol. The monoisotopic (exact) mass is 178 g/mol. The molecule has 0 bridgehead atoms. The van der Waals surface area contributed by atoms with Gasteiger partial charge in [0.05, 0.1) is 0 Å². The van der Waals surface area contributed by atoms with Crippen LogP contribution in [-0.4, -0.2) is 17.7 Å². The Morgan fingerprint density at radius 3 is 3.15 bits per heavy atom. The Labute approximate surface area is 75.6 Å². The molecule has 1 aliphatic rings. The highest BCUT2D eigenvalue weighted by Gasteiger charge is 2.10. The maximum atomic E-state index is 10.3. The maximum Gasteiger partial charge on any atom is 0.409 e. The van der Waals surface area contributed by atoms with Crippen LogP contribution in [0.3, 0.4) is 0 Å². The molecule has 0 aliphatic carbocycles. The lowest BCUT2D eigenvalue weighted by molar-refractivity contribution is 0.210. The van der Waals surface area contributed by atoms with Gasteiger partial charge in [-0.1, -0.05) is 0 Å². The van der Waals surface area contributed by atoms with Crippen molar-refractivity contribution in [3.05, 3.63) is 23.8 Å². The van der Waals surface area contributed by atoms with Crippen LogP contribution in [0.5, 0.6) is 0 Å². The first kappa shape index (κ1) is 7.91. The second kappa shape index (κ2) is 2.97. The van der Waals surface area contributed by atoms with Crippen molar-refractivity contribution < 1.29 is 9.90 Å². The van der Waals surface area contributed by atoms with Crippen molar-refractivity contribution in [2.45, 2.75) is 6.42 Å². The Morgan fingerprint density at radius 2 is 2.38 bits per heavy atom. The minimum absolute atomic E-state index is 0.634. The molecule has 68 valence electrons. The molecule has 1 aliphatic heterocycles. The third-order valence-electron chi connectivity index (χ3n) is 2.07. The summed E-state index contributed by atoms with van der Waals surface area (Å²) in [4.78, 5) is 10.3. The van der Waals surface area contributed by atoms with E-state index in [1.807, 2.05) is 12.1 Å². The van der Waals surface area contributed by atoms with Gasteiger partial charge in [-0.05, 0) is 30.2 Å². The molecule has 13 heavy (non-hydrogen) atoms. The number of hydrogen-bond donors (Lipinski definition) is 3. The molecule has 0 radical (unpaired) electrons. The van der Waals surface area contributed by atoms with Gasteiger partial charge in [-0.3, -0.25) is 5.32 Å². The van der Waals surface area contributed by atoms with Crippen LogP contribution in [0.25, 0.3) is 0 Å². The van der Waals surface area contributed by atoms with Crippen LogP contribution in [0.1, 0.15) is 5.56 Å². The largest absolute Gasteiger partial charge is 0.465 e. The molecule has 0 unspecified atom stereocenters. The Hall–Kier alpha value is -1.71. The first-order valence-corrected chi connectivity index (χ1v) is 4.12. The molecule has 1 aromatic rings. The smallest absolute Gasteiger partial charge is 0.409 e. The van der Waals surface area contributed by atoms with Gasteiger partial charge in [-0.15, -0.1) is 0 Å². The summed E-state index contributed by atoms with van der Waals surface area (Å²) in [6.45, 7) is 0.936. The topological polar surface area (TPSA) is 61.4 Å². The molecule has 0 spiro atoms. The van der Waals surface area contributed by atoms with Gasteiger partial charge in [0.15, 0.2) is 0 Å². The van der Waals surface area contributed by atoms with E-state index in [0.717, 1.165) is 18.7 Å². The van der Waals surface area contributed by atoms with E-state index in [0.29, 0.717) is 5.69 Å².